The molecule has 0 aliphatic heterocycles. The third kappa shape index (κ3) is 6.08. The molecule has 0 radical (unpaired) electrons. The molecule has 0 unspecified atom stereocenters. The van der Waals surface area contributed by atoms with E-state index < -0.39 is 5.91 Å². The second-order valence-electron chi connectivity index (χ2n) is 6.16. The van der Waals surface area contributed by atoms with Crippen molar-refractivity contribution in [1.82, 2.24) is 20.8 Å². The average molecular weight is 419 g/mol. The molecule has 0 aliphatic carbocycles. The molecular weight excluding hydrogens is 392 g/mol. The van der Waals surface area contributed by atoms with Crippen molar-refractivity contribution in [1.29, 1.82) is 0 Å². The van der Waals surface area contributed by atoms with Crippen LogP contribution in [0.5, 0.6) is 11.5 Å². The molecule has 0 spiro atoms. The van der Waals surface area contributed by atoms with Gasteiger partial charge in [-0.3, -0.25) is 20.4 Å². The Hall–Kier alpha value is -2.81. The zero-order valence-corrected chi connectivity index (χ0v) is 18.1. The van der Waals surface area contributed by atoms with Gasteiger partial charge >= 0.3 is 0 Å². The molecule has 9 heteroatoms. The summed E-state index contributed by atoms with van der Waals surface area (Å²) in [4.78, 5) is 33.3. The molecule has 2 N–H and O–H groups in total. The number of methoxy groups -OCH3 is 1. The minimum Gasteiger partial charge on any atom is -0.493 e. The third-order valence-electron chi connectivity index (χ3n) is 4.23. The second kappa shape index (κ2) is 10.7. The Bertz CT molecular complexity index is 866. The molecule has 0 saturated heterocycles. The first kappa shape index (κ1) is 22.5. The second-order valence-corrected chi connectivity index (χ2v) is 6.93. The van der Waals surface area contributed by atoms with Crippen molar-refractivity contribution >= 4 is 23.6 Å². The minimum absolute atomic E-state index is 0.205. The number of hydrogen-bond donors (Lipinski definition) is 2. The molecule has 0 bridgehead atoms. The smallest absolute Gasteiger partial charge is 0.269 e. The predicted octanol–water partition coefficient (Wildman–Crippen LogP) is 2.62. The highest BCUT2D eigenvalue weighted by Gasteiger charge is 2.13. The minimum atomic E-state index is -0.445. The van der Waals surface area contributed by atoms with Crippen molar-refractivity contribution < 1.29 is 19.1 Å². The van der Waals surface area contributed by atoms with Crippen LogP contribution in [0, 0.1) is 13.8 Å². The molecule has 2 aromatic rings. The van der Waals surface area contributed by atoms with E-state index >= 15 is 0 Å². The quantitative estimate of drug-likeness (QED) is 0.386. The number of ether oxygens (including phenoxy) is 2. The zero-order valence-electron chi connectivity index (χ0n) is 17.3. The van der Waals surface area contributed by atoms with Crippen LogP contribution in [0.4, 0.5) is 0 Å². The lowest BCUT2D eigenvalue weighted by atomic mass is 10.1. The molecule has 8 nitrogen and oxygen atoms in total. The van der Waals surface area contributed by atoms with E-state index in [0.29, 0.717) is 35.2 Å². The molecule has 2 rings (SSSR count). The highest BCUT2D eigenvalue weighted by Crippen LogP contribution is 2.27. The van der Waals surface area contributed by atoms with E-state index in [9.17, 15) is 9.59 Å². The Morgan fingerprint density at radius 3 is 2.38 bits per heavy atom. The van der Waals surface area contributed by atoms with Crippen LogP contribution in [-0.2, 0) is 11.2 Å². The number of amides is 2. The summed E-state index contributed by atoms with van der Waals surface area (Å²) in [6.07, 6.45) is 2.62. The van der Waals surface area contributed by atoms with Crippen LogP contribution in [0.15, 0.2) is 23.4 Å². The first-order chi connectivity index (χ1) is 13.9. The highest BCUT2D eigenvalue weighted by molar-refractivity contribution is 7.98. The van der Waals surface area contributed by atoms with Gasteiger partial charge in [0.25, 0.3) is 5.91 Å². The van der Waals surface area contributed by atoms with E-state index in [-0.39, 0.29) is 12.3 Å². The predicted molar refractivity (Wildman–Crippen MR) is 111 cm³/mol. The summed E-state index contributed by atoms with van der Waals surface area (Å²) in [7, 11) is 1.50. The Balaban J connectivity index is 1.92. The number of rotatable bonds is 8. The molecule has 0 atom stereocenters. The van der Waals surface area contributed by atoms with Gasteiger partial charge in [0.15, 0.2) is 16.7 Å². The third-order valence-corrected chi connectivity index (χ3v) is 4.77. The molecule has 2 amide bonds. The van der Waals surface area contributed by atoms with E-state index in [1.54, 1.807) is 18.2 Å². The summed E-state index contributed by atoms with van der Waals surface area (Å²) in [6.45, 7) is 6.16. The van der Waals surface area contributed by atoms with E-state index in [2.05, 4.69) is 20.8 Å². The first-order valence-electron chi connectivity index (χ1n) is 9.17. The summed E-state index contributed by atoms with van der Waals surface area (Å²) < 4.78 is 10.7. The lowest BCUT2D eigenvalue weighted by Crippen LogP contribution is -2.41. The Kier molecular flexibility index (Phi) is 8.26. The van der Waals surface area contributed by atoms with Crippen LogP contribution in [0.2, 0.25) is 0 Å². The maximum absolute atomic E-state index is 12.3. The maximum Gasteiger partial charge on any atom is 0.269 e. The van der Waals surface area contributed by atoms with Gasteiger partial charge in [0, 0.05) is 23.4 Å². The number of thioether (sulfide) groups is 1. The zero-order chi connectivity index (χ0) is 21.4. The summed E-state index contributed by atoms with van der Waals surface area (Å²) in [5.41, 5.74) is 7.86. The van der Waals surface area contributed by atoms with Gasteiger partial charge in [0.1, 0.15) is 0 Å². The van der Waals surface area contributed by atoms with Crippen LogP contribution >= 0.6 is 11.8 Å². The summed E-state index contributed by atoms with van der Waals surface area (Å²) in [6, 6.07) is 4.82. The number of carbonyl (C=O) groups excluding carboxylic acids is 2. The van der Waals surface area contributed by atoms with Gasteiger partial charge in [0.05, 0.1) is 13.7 Å². The summed E-state index contributed by atoms with van der Waals surface area (Å²) in [5, 5.41) is 0.714. The van der Waals surface area contributed by atoms with Crippen molar-refractivity contribution in [3.8, 4) is 11.5 Å². The fourth-order valence-electron chi connectivity index (χ4n) is 2.75. The fraction of sp³-hybridized carbons (Fsp3) is 0.400. The number of nitrogens with one attached hydrogen (secondary N) is 2. The van der Waals surface area contributed by atoms with Gasteiger partial charge in [-0.1, -0.05) is 11.8 Å². The van der Waals surface area contributed by atoms with E-state index in [4.69, 9.17) is 9.47 Å². The van der Waals surface area contributed by atoms with Crippen molar-refractivity contribution in [2.75, 3.05) is 20.0 Å². The average Bonchev–Trinajstić information content (AvgIpc) is 2.71. The monoisotopic (exact) mass is 418 g/mol. The maximum atomic E-state index is 12.3. The number of hydrazine groups is 1. The van der Waals surface area contributed by atoms with Gasteiger partial charge in [-0.15, -0.1) is 0 Å². The van der Waals surface area contributed by atoms with Crippen molar-refractivity contribution in [2.24, 2.45) is 0 Å². The Morgan fingerprint density at radius 1 is 1.10 bits per heavy atom. The SMILES string of the molecule is CCOc1ccc(C(=O)NNC(=O)CCc2c(C)nc(SC)nc2C)cc1OC. The fourth-order valence-corrected chi connectivity index (χ4v) is 3.20. The highest BCUT2D eigenvalue weighted by atomic mass is 32.2. The van der Waals surface area contributed by atoms with Crippen molar-refractivity contribution in [2.45, 2.75) is 38.8 Å². The summed E-state index contributed by atoms with van der Waals surface area (Å²) >= 11 is 1.48. The van der Waals surface area contributed by atoms with Gasteiger partial charge in [-0.05, 0) is 57.2 Å². The van der Waals surface area contributed by atoms with Crippen LogP contribution in [0.3, 0.4) is 0 Å². The number of hydrogen-bond acceptors (Lipinski definition) is 7. The lowest BCUT2D eigenvalue weighted by Gasteiger charge is -2.12. The topological polar surface area (TPSA) is 102 Å². The van der Waals surface area contributed by atoms with E-state index in [1.807, 2.05) is 27.0 Å². The number of benzene rings is 1. The number of aryl methyl sites for hydroxylation is 2. The molecule has 156 valence electrons. The van der Waals surface area contributed by atoms with Crippen LogP contribution in [0.25, 0.3) is 0 Å². The standard InChI is InChI=1S/C20H26N4O4S/c1-6-28-16-9-7-14(11-17(16)27-4)19(26)24-23-18(25)10-8-15-12(2)21-20(29-5)22-13(15)3/h7,9,11H,6,8,10H2,1-5H3,(H,23,25)(H,24,26). The largest absolute Gasteiger partial charge is 0.493 e. The molecule has 0 saturated carbocycles. The van der Waals surface area contributed by atoms with Gasteiger partial charge in [-0.2, -0.15) is 0 Å². The van der Waals surface area contributed by atoms with Crippen molar-refractivity contribution in [3.63, 3.8) is 0 Å². The first-order valence-corrected chi connectivity index (χ1v) is 10.4. The van der Waals surface area contributed by atoms with Gasteiger partial charge in [0.2, 0.25) is 5.91 Å². The van der Waals surface area contributed by atoms with Crippen LogP contribution < -0.4 is 20.3 Å². The number of carbonyl (C=O) groups is 2. The molecule has 1 heterocycles. The molecule has 0 fully saturated rings. The lowest BCUT2D eigenvalue weighted by molar-refractivity contribution is -0.121. The number of aromatic nitrogens is 2. The van der Waals surface area contributed by atoms with Gasteiger partial charge in [-0.25, -0.2) is 9.97 Å². The van der Waals surface area contributed by atoms with Gasteiger partial charge < -0.3 is 9.47 Å². The molecule has 0 aliphatic rings. The van der Waals surface area contributed by atoms with Crippen LogP contribution in [-0.4, -0.2) is 41.8 Å². The normalized spacial score (nSPS) is 10.4. The van der Waals surface area contributed by atoms with Crippen molar-refractivity contribution in [3.05, 3.63) is 40.7 Å². The Morgan fingerprint density at radius 2 is 1.79 bits per heavy atom. The molecule has 29 heavy (non-hydrogen) atoms. The van der Waals surface area contributed by atoms with Crippen LogP contribution in [0.1, 0.15) is 40.7 Å². The Labute approximate surface area is 174 Å². The molecule has 1 aromatic heterocycles. The molecular formula is C20H26N4O4S. The van der Waals surface area contributed by atoms with E-state index in [0.717, 1.165) is 17.0 Å². The number of nitrogens with zero attached hydrogens (tertiary/aromatic N) is 2. The van der Waals surface area contributed by atoms with E-state index in [1.165, 1.54) is 18.9 Å². The molecule has 1 aromatic carbocycles. The summed E-state index contributed by atoms with van der Waals surface area (Å²) in [5.74, 6) is 0.255.